The van der Waals surface area contributed by atoms with Crippen molar-refractivity contribution in [3.63, 3.8) is 0 Å². The summed E-state index contributed by atoms with van der Waals surface area (Å²) in [7, 11) is -1.92. The first-order chi connectivity index (χ1) is 15.4. The first-order valence-corrected chi connectivity index (χ1v) is 12.3. The summed E-state index contributed by atoms with van der Waals surface area (Å²) in [4.78, 5) is 15.9. The van der Waals surface area contributed by atoms with Crippen molar-refractivity contribution in [1.29, 1.82) is 0 Å². The molecule has 2 aliphatic heterocycles. The number of anilines is 1. The summed E-state index contributed by atoms with van der Waals surface area (Å²) >= 11 is 0. The Balaban J connectivity index is 1.26. The predicted molar refractivity (Wildman–Crippen MR) is 123 cm³/mol. The number of benzene rings is 2. The lowest BCUT2D eigenvalue weighted by Gasteiger charge is -2.27. The van der Waals surface area contributed by atoms with Crippen molar-refractivity contribution >= 4 is 27.6 Å². The number of fused-ring (bicyclic) bond motifs is 1. The SMILES string of the molecule is CN1C(NCCCOc2cccc(CN3CCCCC3=O)c2)=NS(=O)(=O)c2ccccc21. The number of amides is 1. The Morgan fingerprint density at radius 2 is 1.97 bits per heavy atom. The van der Waals surface area contributed by atoms with E-state index in [1.54, 1.807) is 36.2 Å². The van der Waals surface area contributed by atoms with Gasteiger partial charge in [-0.05, 0) is 49.1 Å². The van der Waals surface area contributed by atoms with Crippen LogP contribution in [0.2, 0.25) is 0 Å². The molecule has 1 amide bonds. The normalized spacial score (nSPS) is 17.5. The molecule has 0 saturated carbocycles. The molecule has 2 aromatic carbocycles. The van der Waals surface area contributed by atoms with Crippen LogP contribution >= 0.6 is 0 Å². The Morgan fingerprint density at radius 3 is 2.81 bits per heavy atom. The Kier molecular flexibility index (Phi) is 6.64. The zero-order valence-electron chi connectivity index (χ0n) is 18.2. The fraction of sp³-hybridized carbons (Fsp3) is 0.391. The average Bonchev–Trinajstić information content (AvgIpc) is 2.79. The molecular formula is C23H28N4O4S. The van der Waals surface area contributed by atoms with Crippen LogP contribution in [0.4, 0.5) is 5.69 Å². The molecule has 0 unspecified atom stereocenters. The van der Waals surface area contributed by atoms with Crippen LogP contribution in [-0.2, 0) is 21.4 Å². The van der Waals surface area contributed by atoms with Gasteiger partial charge in [0.1, 0.15) is 10.6 Å². The predicted octanol–water partition coefficient (Wildman–Crippen LogP) is 2.75. The molecule has 0 atom stereocenters. The lowest BCUT2D eigenvalue weighted by molar-refractivity contribution is -0.133. The summed E-state index contributed by atoms with van der Waals surface area (Å²) in [5.74, 6) is 1.28. The maximum absolute atomic E-state index is 12.4. The first-order valence-electron chi connectivity index (χ1n) is 10.9. The molecule has 2 aromatic rings. The maximum atomic E-state index is 12.4. The van der Waals surface area contributed by atoms with Crippen LogP contribution in [0.3, 0.4) is 0 Å². The van der Waals surface area contributed by atoms with Gasteiger partial charge in [-0.1, -0.05) is 24.3 Å². The van der Waals surface area contributed by atoms with Crippen molar-refractivity contribution in [3.8, 4) is 5.75 Å². The van der Waals surface area contributed by atoms with Gasteiger partial charge >= 0.3 is 0 Å². The van der Waals surface area contributed by atoms with Gasteiger partial charge in [0.05, 0.1) is 12.3 Å². The van der Waals surface area contributed by atoms with Gasteiger partial charge in [-0.15, -0.1) is 4.40 Å². The number of piperidine rings is 1. The number of hydrogen-bond donors (Lipinski definition) is 1. The van der Waals surface area contributed by atoms with E-state index in [0.29, 0.717) is 44.2 Å². The van der Waals surface area contributed by atoms with E-state index in [1.165, 1.54) is 0 Å². The number of para-hydroxylation sites is 1. The van der Waals surface area contributed by atoms with Gasteiger partial charge in [0.25, 0.3) is 10.0 Å². The summed E-state index contributed by atoms with van der Waals surface area (Å²) in [6, 6.07) is 14.6. The molecule has 2 aliphatic rings. The summed E-state index contributed by atoms with van der Waals surface area (Å²) in [5.41, 5.74) is 1.66. The first kappa shape index (κ1) is 22.1. The second kappa shape index (κ2) is 9.60. The molecule has 0 spiro atoms. The van der Waals surface area contributed by atoms with E-state index in [4.69, 9.17) is 4.74 Å². The van der Waals surface area contributed by atoms with Gasteiger partial charge < -0.3 is 19.9 Å². The van der Waals surface area contributed by atoms with E-state index < -0.39 is 10.0 Å². The number of carbonyl (C=O) groups excluding carboxylic acids is 1. The minimum atomic E-state index is -3.71. The Morgan fingerprint density at radius 1 is 1.12 bits per heavy atom. The molecule has 0 radical (unpaired) electrons. The average molecular weight is 457 g/mol. The van der Waals surface area contributed by atoms with E-state index in [-0.39, 0.29) is 10.8 Å². The number of ether oxygens (including phenoxy) is 1. The van der Waals surface area contributed by atoms with Crippen LogP contribution in [0.5, 0.6) is 5.75 Å². The second-order valence-electron chi connectivity index (χ2n) is 7.97. The van der Waals surface area contributed by atoms with Gasteiger partial charge in [0.2, 0.25) is 11.9 Å². The van der Waals surface area contributed by atoms with E-state index in [1.807, 2.05) is 29.2 Å². The summed E-state index contributed by atoms with van der Waals surface area (Å²) in [5, 5.41) is 3.10. The zero-order valence-corrected chi connectivity index (χ0v) is 19.0. The van der Waals surface area contributed by atoms with Crippen LogP contribution in [-0.4, -0.2) is 51.9 Å². The quantitative estimate of drug-likeness (QED) is 0.645. The van der Waals surface area contributed by atoms with E-state index in [9.17, 15) is 13.2 Å². The van der Waals surface area contributed by atoms with E-state index >= 15 is 0 Å². The fourth-order valence-corrected chi connectivity index (χ4v) is 5.12. The van der Waals surface area contributed by atoms with Crippen molar-refractivity contribution < 1.29 is 17.9 Å². The maximum Gasteiger partial charge on any atom is 0.287 e. The number of carbonyl (C=O) groups is 1. The molecule has 0 aromatic heterocycles. The number of likely N-dealkylation sites (tertiary alicyclic amines) is 1. The molecule has 1 saturated heterocycles. The highest BCUT2D eigenvalue weighted by Gasteiger charge is 2.28. The summed E-state index contributed by atoms with van der Waals surface area (Å²) < 4.78 is 34.5. The molecule has 1 N–H and O–H groups in total. The standard InChI is InChI=1S/C23H28N4O4S/c1-26-20-10-2-3-11-21(20)32(29,30)25-23(26)24-13-7-15-31-19-9-6-8-18(16-19)17-27-14-5-4-12-22(27)28/h2-3,6,8-11,16H,4-5,7,12-15,17H2,1H3,(H,24,25). The molecular weight excluding hydrogens is 428 g/mol. The van der Waals surface area contributed by atoms with Crippen molar-refractivity contribution in [2.24, 2.45) is 4.40 Å². The zero-order chi connectivity index (χ0) is 22.6. The van der Waals surface area contributed by atoms with Gasteiger partial charge in [-0.25, -0.2) is 0 Å². The number of rotatable bonds is 7. The molecule has 8 nitrogen and oxygen atoms in total. The number of hydrogen-bond acceptors (Lipinski definition) is 6. The van der Waals surface area contributed by atoms with Crippen LogP contribution in [0.1, 0.15) is 31.2 Å². The second-order valence-corrected chi connectivity index (χ2v) is 9.54. The minimum absolute atomic E-state index is 0.211. The fourth-order valence-electron chi connectivity index (χ4n) is 3.89. The summed E-state index contributed by atoms with van der Waals surface area (Å²) in [6.45, 7) is 2.41. The third-order valence-electron chi connectivity index (χ3n) is 5.60. The van der Waals surface area contributed by atoms with Gasteiger partial charge in [0, 0.05) is 33.1 Å². The lowest BCUT2D eigenvalue weighted by atomic mass is 10.1. The van der Waals surface area contributed by atoms with Crippen molar-refractivity contribution in [3.05, 3.63) is 54.1 Å². The Hall–Kier alpha value is -3.07. The highest BCUT2D eigenvalue weighted by atomic mass is 32.2. The van der Waals surface area contributed by atoms with Crippen molar-refractivity contribution in [1.82, 2.24) is 10.2 Å². The van der Waals surface area contributed by atoms with Gasteiger partial charge in [-0.3, -0.25) is 4.79 Å². The minimum Gasteiger partial charge on any atom is -0.494 e. The topological polar surface area (TPSA) is 91.3 Å². The van der Waals surface area contributed by atoms with E-state index in [0.717, 1.165) is 30.7 Å². The van der Waals surface area contributed by atoms with Crippen molar-refractivity contribution in [2.75, 3.05) is 31.6 Å². The highest BCUT2D eigenvalue weighted by molar-refractivity contribution is 7.90. The van der Waals surface area contributed by atoms with Crippen LogP contribution < -0.4 is 15.0 Å². The van der Waals surface area contributed by atoms with Gasteiger partial charge in [0.15, 0.2) is 0 Å². The van der Waals surface area contributed by atoms with Crippen molar-refractivity contribution in [2.45, 2.75) is 37.1 Å². The molecule has 9 heteroatoms. The molecule has 170 valence electrons. The number of nitrogens with one attached hydrogen (secondary N) is 1. The number of sulfonamides is 1. The molecule has 0 aliphatic carbocycles. The smallest absolute Gasteiger partial charge is 0.287 e. The van der Waals surface area contributed by atoms with Crippen LogP contribution in [0.25, 0.3) is 0 Å². The number of guanidine groups is 1. The van der Waals surface area contributed by atoms with Gasteiger partial charge in [-0.2, -0.15) is 8.42 Å². The van der Waals surface area contributed by atoms with Crippen LogP contribution in [0, 0.1) is 0 Å². The molecule has 2 heterocycles. The Labute approximate surface area is 188 Å². The third kappa shape index (κ3) is 5.04. The highest BCUT2D eigenvalue weighted by Crippen LogP contribution is 2.29. The molecule has 32 heavy (non-hydrogen) atoms. The van der Waals surface area contributed by atoms with E-state index in [2.05, 4.69) is 9.71 Å². The molecule has 1 fully saturated rings. The third-order valence-corrected chi connectivity index (χ3v) is 6.91. The Bertz CT molecular complexity index is 1120. The summed E-state index contributed by atoms with van der Waals surface area (Å²) in [6.07, 6.45) is 3.34. The number of nitrogens with zero attached hydrogens (tertiary/aromatic N) is 3. The van der Waals surface area contributed by atoms with Crippen LogP contribution in [0.15, 0.2) is 57.8 Å². The molecule has 4 rings (SSSR count). The monoisotopic (exact) mass is 456 g/mol. The largest absolute Gasteiger partial charge is 0.494 e. The molecule has 0 bridgehead atoms. The lowest BCUT2D eigenvalue weighted by Crippen LogP contribution is -2.43.